The lowest BCUT2D eigenvalue weighted by atomic mass is 10.1. The molecule has 0 aliphatic carbocycles. The fourth-order valence-electron chi connectivity index (χ4n) is 2.19. The van der Waals surface area contributed by atoms with Crippen molar-refractivity contribution < 1.29 is 4.74 Å². The lowest BCUT2D eigenvalue weighted by Crippen LogP contribution is -2.00. The molecule has 0 N–H and O–H groups in total. The first-order valence-electron chi connectivity index (χ1n) is 6.88. The molecule has 0 spiro atoms. The average molecular weight is 409 g/mol. The molecule has 21 heavy (non-hydrogen) atoms. The number of aryl methyl sites for hydroxylation is 1. The Kier molecular flexibility index (Phi) is 4.85. The number of benzene rings is 2. The number of hydrogen-bond acceptors (Lipinski definition) is 3. The Morgan fingerprint density at radius 3 is 2.81 bits per heavy atom. The van der Waals surface area contributed by atoms with Crippen LogP contribution in [0.25, 0.3) is 0 Å². The van der Waals surface area contributed by atoms with Crippen LogP contribution in [0.5, 0.6) is 5.75 Å². The van der Waals surface area contributed by atoms with Crippen molar-refractivity contribution in [3.63, 3.8) is 0 Å². The van der Waals surface area contributed by atoms with Crippen LogP contribution in [0.2, 0.25) is 0 Å². The first kappa shape index (κ1) is 14.9. The van der Waals surface area contributed by atoms with Gasteiger partial charge in [-0.2, -0.15) is 0 Å². The summed E-state index contributed by atoms with van der Waals surface area (Å²) in [4.78, 5) is 4.52. The summed E-state index contributed by atoms with van der Waals surface area (Å²) in [6.45, 7) is 3.65. The van der Waals surface area contributed by atoms with E-state index in [2.05, 4.69) is 77.0 Å². The highest BCUT2D eigenvalue weighted by Crippen LogP contribution is 2.27. The van der Waals surface area contributed by atoms with Crippen molar-refractivity contribution in [1.29, 1.82) is 0 Å². The molecule has 4 heteroatoms. The van der Waals surface area contributed by atoms with Crippen LogP contribution in [0.3, 0.4) is 0 Å². The lowest BCUT2D eigenvalue weighted by Gasteiger charge is -2.11. The minimum atomic E-state index is 0.609. The van der Waals surface area contributed by atoms with E-state index in [1.165, 1.54) is 16.7 Å². The van der Waals surface area contributed by atoms with Gasteiger partial charge in [0.05, 0.1) is 8.61 Å². The van der Waals surface area contributed by atoms with E-state index in [1.807, 2.05) is 11.8 Å². The first-order valence-corrected chi connectivity index (χ1v) is 8.95. The third-order valence-corrected chi connectivity index (χ3v) is 5.28. The highest BCUT2D eigenvalue weighted by atomic mass is 127. The van der Waals surface area contributed by atoms with Crippen LogP contribution in [0.15, 0.2) is 47.5 Å². The summed E-state index contributed by atoms with van der Waals surface area (Å²) in [5, 5.41) is 1.15. The van der Waals surface area contributed by atoms with Gasteiger partial charge in [-0.05, 0) is 58.8 Å². The highest BCUT2D eigenvalue weighted by molar-refractivity contribution is 14.1. The number of aliphatic imine (C=N–C) groups is 1. The van der Waals surface area contributed by atoms with E-state index in [0.717, 1.165) is 26.7 Å². The molecule has 0 fully saturated rings. The first-order chi connectivity index (χ1) is 10.2. The molecule has 1 aliphatic rings. The molecule has 2 nitrogen and oxygen atoms in total. The van der Waals surface area contributed by atoms with Gasteiger partial charge in [0.2, 0.25) is 0 Å². The molecule has 0 bridgehead atoms. The molecule has 2 aromatic carbocycles. The fraction of sp³-hybridized carbons (Fsp3) is 0.235. The van der Waals surface area contributed by atoms with Gasteiger partial charge in [0.25, 0.3) is 0 Å². The van der Waals surface area contributed by atoms with Crippen LogP contribution < -0.4 is 4.74 Å². The number of rotatable bonds is 4. The number of halogens is 1. The molecular weight excluding hydrogens is 393 g/mol. The molecule has 0 radical (unpaired) electrons. The predicted molar refractivity (Wildman–Crippen MR) is 98.5 cm³/mol. The number of ether oxygens (including phenoxy) is 1. The lowest BCUT2D eigenvalue weighted by molar-refractivity contribution is 0.303. The Labute approximate surface area is 143 Å². The van der Waals surface area contributed by atoms with Crippen LogP contribution in [-0.2, 0) is 6.61 Å². The van der Waals surface area contributed by atoms with Crippen LogP contribution in [-0.4, -0.2) is 17.3 Å². The largest absolute Gasteiger partial charge is 0.488 e. The van der Waals surface area contributed by atoms with E-state index >= 15 is 0 Å². The SMILES string of the molecule is Cc1ccccc1COc1ccc(C2=NCCS2)cc1I. The zero-order valence-corrected chi connectivity index (χ0v) is 14.8. The zero-order valence-electron chi connectivity index (χ0n) is 11.8. The van der Waals surface area contributed by atoms with Gasteiger partial charge in [0.15, 0.2) is 0 Å². The summed E-state index contributed by atoms with van der Waals surface area (Å²) in [5.41, 5.74) is 3.69. The van der Waals surface area contributed by atoms with E-state index < -0.39 is 0 Å². The molecule has 0 saturated heterocycles. The van der Waals surface area contributed by atoms with Gasteiger partial charge in [-0.3, -0.25) is 4.99 Å². The molecule has 1 aliphatic heterocycles. The smallest absolute Gasteiger partial charge is 0.133 e. The maximum atomic E-state index is 5.97. The molecule has 0 saturated carbocycles. The van der Waals surface area contributed by atoms with Crippen molar-refractivity contribution in [2.45, 2.75) is 13.5 Å². The molecule has 0 atom stereocenters. The van der Waals surface area contributed by atoms with Gasteiger partial charge in [-0.15, -0.1) is 11.8 Å². The summed E-state index contributed by atoms with van der Waals surface area (Å²) in [7, 11) is 0. The Hall–Kier alpha value is -1.01. The van der Waals surface area contributed by atoms with Crippen LogP contribution in [0.1, 0.15) is 16.7 Å². The molecule has 1 heterocycles. The van der Waals surface area contributed by atoms with Gasteiger partial charge in [-0.1, -0.05) is 24.3 Å². The van der Waals surface area contributed by atoms with Crippen molar-refractivity contribution in [2.24, 2.45) is 4.99 Å². The van der Waals surface area contributed by atoms with E-state index in [1.54, 1.807) is 0 Å². The molecule has 0 unspecified atom stereocenters. The van der Waals surface area contributed by atoms with E-state index in [4.69, 9.17) is 4.74 Å². The monoisotopic (exact) mass is 409 g/mol. The Morgan fingerprint density at radius 1 is 1.24 bits per heavy atom. The van der Waals surface area contributed by atoms with Gasteiger partial charge in [-0.25, -0.2) is 0 Å². The molecular formula is C17H16INOS. The average Bonchev–Trinajstić information content (AvgIpc) is 3.02. The fourth-order valence-corrected chi connectivity index (χ4v) is 3.71. The molecule has 0 amide bonds. The number of hydrogen-bond donors (Lipinski definition) is 0. The topological polar surface area (TPSA) is 21.6 Å². The molecule has 2 aromatic rings. The third kappa shape index (κ3) is 3.61. The predicted octanol–water partition coefficient (Wildman–Crippen LogP) is 4.67. The zero-order chi connectivity index (χ0) is 14.7. The van der Waals surface area contributed by atoms with Crippen molar-refractivity contribution in [1.82, 2.24) is 0 Å². The van der Waals surface area contributed by atoms with Crippen LogP contribution in [0.4, 0.5) is 0 Å². The minimum Gasteiger partial charge on any atom is -0.488 e. The highest BCUT2D eigenvalue weighted by Gasteiger charge is 2.12. The van der Waals surface area contributed by atoms with Gasteiger partial charge in [0, 0.05) is 17.9 Å². The number of nitrogens with zero attached hydrogens (tertiary/aromatic N) is 1. The van der Waals surface area contributed by atoms with E-state index in [0.29, 0.717) is 6.61 Å². The maximum absolute atomic E-state index is 5.97. The summed E-state index contributed by atoms with van der Waals surface area (Å²) < 4.78 is 7.10. The van der Waals surface area contributed by atoms with E-state index in [9.17, 15) is 0 Å². The van der Waals surface area contributed by atoms with E-state index in [-0.39, 0.29) is 0 Å². The second-order valence-corrected chi connectivity index (χ2v) is 7.14. The van der Waals surface area contributed by atoms with Gasteiger partial charge in [0.1, 0.15) is 12.4 Å². The van der Waals surface area contributed by atoms with Gasteiger partial charge >= 0.3 is 0 Å². The summed E-state index contributed by atoms with van der Waals surface area (Å²) in [6.07, 6.45) is 0. The van der Waals surface area contributed by atoms with Crippen molar-refractivity contribution in [2.75, 3.05) is 12.3 Å². The van der Waals surface area contributed by atoms with Crippen molar-refractivity contribution in [3.8, 4) is 5.75 Å². The quantitative estimate of drug-likeness (QED) is 0.685. The molecule has 0 aromatic heterocycles. The third-order valence-electron chi connectivity index (χ3n) is 3.41. The van der Waals surface area contributed by atoms with Crippen LogP contribution >= 0.6 is 34.4 Å². The summed E-state index contributed by atoms with van der Waals surface area (Å²) >= 11 is 4.16. The molecule has 3 rings (SSSR count). The summed E-state index contributed by atoms with van der Waals surface area (Å²) in [6, 6.07) is 14.6. The maximum Gasteiger partial charge on any atom is 0.133 e. The second kappa shape index (κ2) is 6.83. The Bertz CT molecular complexity index is 684. The second-order valence-electron chi connectivity index (χ2n) is 4.90. The molecule has 108 valence electrons. The van der Waals surface area contributed by atoms with Crippen molar-refractivity contribution in [3.05, 3.63) is 62.7 Å². The Morgan fingerprint density at radius 2 is 2.10 bits per heavy atom. The van der Waals surface area contributed by atoms with Gasteiger partial charge < -0.3 is 4.74 Å². The number of thioether (sulfide) groups is 1. The minimum absolute atomic E-state index is 0.609. The standard InChI is InChI=1S/C17H16INOS/c1-12-4-2-3-5-14(12)11-20-16-7-6-13(10-15(16)18)17-19-8-9-21-17/h2-7,10H,8-9,11H2,1H3. The van der Waals surface area contributed by atoms with Crippen molar-refractivity contribution >= 4 is 39.4 Å². The normalized spacial score (nSPS) is 14.1. The summed E-state index contributed by atoms with van der Waals surface area (Å²) in [5.74, 6) is 2.03. The Balaban J connectivity index is 1.73. The van der Waals surface area contributed by atoms with Crippen LogP contribution in [0, 0.1) is 10.5 Å².